The zero-order chi connectivity index (χ0) is 26.5. The van der Waals surface area contributed by atoms with Crippen molar-refractivity contribution >= 4 is 128 Å². The molecule has 0 saturated carbocycles. The topological polar surface area (TPSA) is 108 Å². The first-order chi connectivity index (χ1) is 17.0. The van der Waals surface area contributed by atoms with Gasteiger partial charge in [0.1, 0.15) is 0 Å². The molecular formula is C23H9Cl8N4Na2O2-. The van der Waals surface area contributed by atoms with E-state index >= 15 is 0 Å². The van der Waals surface area contributed by atoms with E-state index in [9.17, 15) is 9.59 Å². The number of carbonyl (C=O) groups is 1. The maximum absolute atomic E-state index is 12.5. The van der Waals surface area contributed by atoms with Crippen molar-refractivity contribution in [1.29, 1.82) is 0 Å². The predicted molar refractivity (Wildman–Crippen MR) is 154 cm³/mol. The van der Waals surface area contributed by atoms with Crippen LogP contribution in [0.25, 0.3) is 5.32 Å². The van der Waals surface area contributed by atoms with Crippen LogP contribution in [0, 0.1) is 6.92 Å². The van der Waals surface area contributed by atoms with Gasteiger partial charge in [-0.15, -0.1) is 6.21 Å². The van der Waals surface area contributed by atoms with Crippen molar-refractivity contribution in [2.45, 2.75) is 6.92 Å². The molecule has 3 aromatic rings. The Bertz CT molecular complexity index is 1560. The maximum atomic E-state index is 12.5. The molecule has 6 nitrogen and oxygen atoms in total. The van der Waals surface area contributed by atoms with Crippen LogP contribution in [-0.2, 0) is 4.79 Å². The smallest absolute Gasteiger partial charge is 0.436 e. The molecule has 3 aromatic carbocycles. The van der Waals surface area contributed by atoms with Crippen molar-refractivity contribution in [2.24, 2.45) is 9.98 Å². The summed E-state index contributed by atoms with van der Waals surface area (Å²) in [4.78, 5) is 32.7. The van der Waals surface area contributed by atoms with Crippen LogP contribution in [0.4, 0.5) is 11.4 Å². The number of halogens is 8. The maximum Gasteiger partial charge on any atom is 1.00 e. The molecule has 1 amide bonds. The SMILES string of the molecule is Cc1c(N=[C-]c2c(Cl)c(Cl)c(Cl)c(Cl)c2[C-]=O)cccc1N=C1[N-]C(=O)c2c(Cl)c(Cl)c(Cl)c(Cl)c21.N.[Na+].[Na+]. The molecule has 0 atom stereocenters. The van der Waals surface area contributed by atoms with Crippen molar-refractivity contribution in [3.05, 3.63) is 91.5 Å². The Morgan fingerprint density at radius 3 is 1.77 bits per heavy atom. The fraction of sp³-hybridized carbons (Fsp3) is 0.0435. The van der Waals surface area contributed by atoms with Gasteiger partial charge >= 0.3 is 59.1 Å². The number of aliphatic imine (C=N–C) groups is 2. The molecule has 0 fully saturated rings. The molecule has 39 heavy (non-hydrogen) atoms. The molecule has 0 spiro atoms. The molecule has 0 aliphatic carbocycles. The predicted octanol–water partition coefficient (Wildman–Crippen LogP) is 4.08. The van der Waals surface area contributed by atoms with E-state index in [0.717, 1.165) is 0 Å². The third-order valence-corrected chi connectivity index (χ3v) is 8.68. The van der Waals surface area contributed by atoms with Crippen molar-refractivity contribution in [3.8, 4) is 0 Å². The van der Waals surface area contributed by atoms with E-state index < -0.39 is 5.91 Å². The second kappa shape index (κ2) is 15.2. The molecule has 0 radical (unpaired) electrons. The number of nitrogens with zero attached hydrogens (tertiary/aromatic N) is 3. The minimum atomic E-state index is -0.654. The Morgan fingerprint density at radius 1 is 0.718 bits per heavy atom. The van der Waals surface area contributed by atoms with Crippen LogP contribution in [0.15, 0.2) is 28.2 Å². The molecule has 0 saturated heterocycles. The number of hydrogen-bond donors (Lipinski definition) is 1. The zero-order valence-corrected chi connectivity index (χ0v) is 30.2. The Kier molecular flexibility index (Phi) is 14.6. The summed E-state index contributed by atoms with van der Waals surface area (Å²) in [6.07, 6.45) is 4.35. The van der Waals surface area contributed by atoms with Gasteiger partial charge in [0.2, 0.25) is 0 Å². The average Bonchev–Trinajstić information content (AvgIpc) is 3.18. The van der Waals surface area contributed by atoms with E-state index in [1.807, 2.05) is 0 Å². The first kappa shape index (κ1) is 37.4. The van der Waals surface area contributed by atoms with Crippen LogP contribution in [-0.4, -0.2) is 24.2 Å². The fourth-order valence-electron chi connectivity index (χ4n) is 3.25. The van der Waals surface area contributed by atoms with Crippen LogP contribution in [0.1, 0.15) is 32.6 Å². The van der Waals surface area contributed by atoms with Gasteiger partial charge in [-0.3, -0.25) is 4.79 Å². The molecule has 1 aliphatic rings. The first-order valence-corrected chi connectivity index (χ1v) is 12.5. The molecule has 0 aromatic heterocycles. The van der Waals surface area contributed by atoms with E-state index in [-0.39, 0.29) is 134 Å². The van der Waals surface area contributed by atoms with Crippen molar-refractivity contribution in [2.75, 3.05) is 0 Å². The summed E-state index contributed by atoms with van der Waals surface area (Å²) in [7, 11) is 0. The third kappa shape index (κ3) is 6.98. The molecule has 16 heteroatoms. The van der Waals surface area contributed by atoms with E-state index in [2.05, 4.69) is 21.5 Å². The largest absolute Gasteiger partial charge is 1.00 e. The van der Waals surface area contributed by atoms with Gasteiger partial charge in [-0.2, -0.15) is 23.2 Å². The van der Waals surface area contributed by atoms with Gasteiger partial charge in [-0.1, -0.05) is 103 Å². The van der Waals surface area contributed by atoms with E-state index in [0.29, 0.717) is 16.9 Å². The standard InChI is InChI=1S/C23H7Cl8N3O2.H3N.2Na/c1-7-10(32-5-8-9(6-35)15(25)19(29)18(28)14(8)24)3-2-4-11(7)33-22-12-13(23(36)34-22)17(27)21(31)20(30)16(12)26;;;/h2-4H,1H3,(H,33,34,36);1H3;;/q-2;;2*+1/p-1. The van der Waals surface area contributed by atoms with E-state index in [4.69, 9.17) is 92.8 Å². The minimum absolute atomic E-state index is 0. The van der Waals surface area contributed by atoms with Crippen LogP contribution < -0.4 is 65.3 Å². The van der Waals surface area contributed by atoms with Gasteiger partial charge in [0.25, 0.3) is 0 Å². The van der Waals surface area contributed by atoms with Crippen LogP contribution in [0.2, 0.25) is 40.2 Å². The normalized spacial score (nSPS) is 12.9. The van der Waals surface area contributed by atoms with Gasteiger partial charge in [0.05, 0.1) is 20.1 Å². The average molecular weight is 703 g/mol. The molecule has 1 aliphatic heterocycles. The van der Waals surface area contributed by atoms with Crippen LogP contribution >= 0.6 is 92.8 Å². The Labute approximate surface area is 307 Å². The molecule has 3 N–H and O–H groups in total. The van der Waals surface area contributed by atoms with Gasteiger partial charge in [0, 0.05) is 27.5 Å². The van der Waals surface area contributed by atoms with Gasteiger partial charge in [-0.05, 0) is 24.1 Å². The summed E-state index contributed by atoms with van der Waals surface area (Å²) >= 11 is 49.2. The zero-order valence-electron chi connectivity index (χ0n) is 20.1. The minimum Gasteiger partial charge on any atom is -0.436 e. The van der Waals surface area contributed by atoms with E-state index in [1.54, 1.807) is 31.4 Å². The molecule has 1 heterocycles. The number of amidine groups is 1. The number of fused-ring (bicyclic) bond motifs is 1. The second-order valence-electron chi connectivity index (χ2n) is 7.11. The van der Waals surface area contributed by atoms with Crippen LogP contribution in [0.5, 0.6) is 0 Å². The number of rotatable bonds is 4. The second-order valence-corrected chi connectivity index (χ2v) is 10.1. The first-order valence-electron chi connectivity index (χ1n) is 9.51. The van der Waals surface area contributed by atoms with Gasteiger partial charge in [-0.25, -0.2) is 11.1 Å². The van der Waals surface area contributed by atoms with Crippen molar-refractivity contribution < 1.29 is 68.7 Å². The number of carbonyl (C=O) groups excluding carboxylic acids is 2. The number of hydrogen-bond acceptors (Lipinski definition) is 5. The molecule has 0 bridgehead atoms. The van der Waals surface area contributed by atoms with Gasteiger partial charge in [0.15, 0.2) is 5.91 Å². The van der Waals surface area contributed by atoms with Crippen molar-refractivity contribution in [3.63, 3.8) is 0 Å². The Hall–Kier alpha value is 0.420. The Morgan fingerprint density at radius 2 is 1.21 bits per heavy atom. The molecule has 0 unspecified atom stereocenters. The number of benzene rings is 3. The van der Waals surface area contributed by atoms with Gasteiger partial charge < -0.3 is 26.2 Å². The summed E-state index contributed by atoms with van der Waals surface area (Å²) in [5.41, 5.74) is 1.42. The molecule has 4 rings (SSSR count). The summed E-state index contributed by atoms with van der Waals surface area (Å²) in [5, 5.41) is 3.48. The summed E-state index contributed by atoms with van der Waals surface area (Å²) in [6.45, 7) is 1.72. The molecule has 192 valence electrons. The summed E-state index contributed by atoms with van der Waals surface area (Å²) in [6, 6.07) is 4.99. The summed E-state index contributed by atoms with van der Waals surface area (Å²) < 4.78 is 0. The Balaban J connectivity index is 0.00000253. The monoisotopic (exact) mass is 699 g/mol. The molecular weight excluding hydrogens is 694 g/mol. The number of amides is 1. The summed E-state index contributed by atoms with van der Waals surface area (Å²) in [5.74, 6) is -0.649. The fourth-order valence-corrected chi connectivity index (χ4v) is 5.20. The quantitative estimate of drug-likeness (QED) is 0.146. The third-order valence-electron chi connectivity index (χ3n) is 5.07. The van der Waals surface area contributed by atoms with Crippen molar-refractivity contribution in [1.82, 2.24) is 6.15 Å². The van der Waals surface area contributed by atoms with E-state index in [1.165, 1.54) is 0 Å². The van der Waals surface area contributed by atoms with Crippen LogP contribution in [0.3, 0.4) is 0 Å².